The van der Waals surface area contributed by atoms with E-state index < -0.39 is 10.0 Å². The molecule has 3 N–H and O–H groups in total. The average Bonchev–Trinajstić information content (AvgIpc) is 2.89. The maximum absolute atomic E-state index is 13.5. The number of hydrogen-bond donors (Lipinski definition) is 3. The van der Waals surface area contributed by atoms with Gasteiger partial charge in [-0.3, -0.25) is 4.79 Å². The van der Waals surface area contributed by atoms with Crippen molar-refractivity contribution in [3.05, 3.63) is 59.7 Å². The van der Waals surface area contributed by atoms with Gasteiger partial charge in [0.1, 0.15) is 0 Å². The van der Waals surface area contributed by atoms with Crippen LogP contribution in [0, 0.1) is 5.92 Å². The van der Waals surface area contributed by atoms with Gasteiger partial charge in [0.15, 0.2) is 0 Å². The van der Waals surface area contributed by atoms with Crippen LogP contribution in [-0.2, 0) is 19.2 Å². The van der Waals surface area contributed by atoms with Gasteiger partial charge in [0.25, 0.3) is 0 Å². The summed E-state index contributed by atoms with van der Waals surface area (Å²) in [5.74, 6) is 0.148. The van der Waals surface area contributed by atoms with E-state index in [1.807, 2.05) is 36.1 Å². The van der Waals surface area contributed by atoms with Crippen molar-refractivity contribution in [3.8, 4) is 0 Å². The highest BCUT2D eigenvalue weighted by molar-refractivity contribution is 14.1. The third-order valence-corrected chi connectivity index (χ3v) is 9.35. The van der Waals surface area contributed by atoms with Gasteiger partial charge in [0.2, 0.25) is 15.9 Å². The van der Waals surface area contributed by atoms with E-state index in [9.17, 15) is 13.2 Å². The molecule has 0 radical (unpaired) electrons. The standard InChI is InChI=1S/C26H35IN4O3S/c1-2-29-24-16-23(13-10-21(24)17-27)35(33,34)30-22-11-8-20(9-12-22)26(32)31-15-14-28-18-25(31)19-6-4-3-5-7-19/h3-7,10,13,16,20,22,25,28-30H,2,8-9,11-12,14-15,17-18H2,1H3/t20-,22-,25-/m1/s1. The third kappa shape index (κ3) is 6.36. The van der Waals surface area contributed by atoms with Crippen LogP contribution in [0.5, 0.6) is 0 Å². The van der Waals surface area contributed by atoms with Crippen molar-refractivity contribution in [3.63, 3.8) is 0 Å². The molecule has 35 heavy (non-hydrogen) atoms. The Labute approximate surface area is 222 Å². The highest BCUT2D eigenvalue weighted by Gasteiger charge is 2.35. The third-order valence-electron chi connectivity index (χ3n) is 7.01. The van der Waals surface area contributed by atoms with E-state index in [4.69, 9.17) is 0 Å². The van der Waals surface area contributed by atoms with Crippen molar-refractivity contribution in [1.82, 2.24) is 14.9 Å². The van der Waals surface area contributed by atoms with E-state index in [2.05, 4.69) is 50.1 Å². The summed E-state index contributed by atoms with van der Waals surface area (Å²) in [7, 11) is -3.62. The molecule has 0 aromatic heterocycles. The largest absolute Gasteiger partial charge is 0.385 e. The minimum absolute atomic E-state index is 0.0464. The number of hydrogen-bond acceptors (Lipinski definition) is 5. The Bertz CT molecular complexity index is 1100. The molecule has 2 aliphatic rings. The molecule has 1 amide bonds. The van der Waals surface area contributed by atoms with Crippen molar-refractivity contribution in [2.45, 2.75) is 54.0 Å². The first kappa shape index (κ1) is 26.4. The average molecular weight is 611 g/mol. The number of carbonyl (C=O) groups is 1. The molecule has 4 rings (SSSR count). The van der Waals surface area contributed by atoms with Gasteiger partial charge in [-0.1, -0.05) is 59.0 Å². The summed E-state index contributed by atoms with van der Waals surface area (Å²) >= 11 is 2.28. The SMILES string of the molecule is CCNc1cc(S(=O)(=O)N[C@H]2CC[C@H](C(=O)N3CCNC[C@@H]3c3ccccc3)CC2)ccc1CI. The second kappa shape index (κ2) is 12.0. The second-order valence-electron chi connectivity index (χ2n) is 9.31. The molecular formula is C26H35IN4O3S. The lowest BCUT2D eigenvalue weighted by Gasteiger charge is -2.40. The smallest absolute Gasteiger partial charge is 0.240 e. The number of nitrogens with one attached hydrogen (secondary N) is 3. The maximum atomic E-state index is 13.5. The number of piperazine rings is 1. The fourth-order valence-electron chi connectivity index (χ4n) is 5.12. The van der Waals surface area contributed by atoms with Crippen LogP contribution in [0.15, 0.2) is 53.4 Å². The molecule has 1 aliphatic carbocycles. The molecule has 7 nitrogen and oxygen atoms in total. The van der Waals surface area contributed by atoms with E-state index in [1.54, 1.807) is 12.1 Å². The first-order valence-corrected chi connectivity index (χ1v) is 15.4. The van der Waals surface area contributed by atoms with Crippen molar-refractivity contribution >= 4 is 44.2 Å². The number of benzene rings is 2. The quantitative estimate of drug-likeness (QED) is 0.310. The number of rotatable bonds is 8. The molecular weight excluding hydrogens is 575 g/mol. The second-order valence-corrected chi connectivity index (χ2v) is 11.8. The number of nitrogens with zero attached hydrogens (tertiary/aromatic N) is 1. The molecule has 9 heteroatoms. The molecule has 2 aromatic rings. The Morgan fingerprint density at radius 3 is 2.54 bits per heavy atom. The minimum atomic E-state index is -3.62. The van der Waals surface area contributed by atoms with Crippen LogP contribution in [0.4, 0.5) is 5.69 Å². The Kier molecular flexibility index (Phi) is 9.07. The minimum Gasteiger partial charge on any atom is -0.385 e. The van der Waals surface area contributed by atoms with Crippen LogP contribution in [0.1, 0.15) is 49.8 Å². The topological polar surface area (TPSA) is 90.5 Å². The lowest BCUT2D eigenvalue weighted by Crippen LogP contribution is -2.51. The summed E-state index contributed by atoms with van der Waals surface area (Å²) in [5, 5.41) is 6.68. The van der Waals surface area contributed by atoms with E-state index in [0.29, 0.717) is 32.2 Å². The monoisotopic (exact) mass is 610 g/mol. The lowest BCUT2D eigenvalue weighted by molar-refractivity contribution is -0.140. The summed E-state index contributed by atoms with van der Waals surface area (Å²) in [4.78, 5) is 15.8. The van der Waals surface area contributed by atoms with Crippen LogP contribution in [-0.4, -0.2) is 51.4 Å². The van der Waals surface area contributed by atoms with Gasteiger partial charge < -0.3 is 15.5 Å². The number of carbonyl (C=O) groups excluding carboxylic acids is 1. The predicted octanol–water partition coefficient (Wildman–Crippen LogP) is 4.06. The molecule has 2 aromatic carbocycles. The van der Waals surface area contributed by atoms with Crippen LogP contribution in [0.2, 0.25) is 0 Å². The molecule has 0 bridgehead atoms. The Morgan fingerprint density at radius 2 is 1.86 bits per heavy atom. The van der Waals surface area contributed by atoms with Gasteiger partial charge in [-0.15, -0.1) is 0 Å². The van der Waals surface area contributed by atoms with E-state index in [1.165, 1.54) is 0 Å². The fourth-order valence-corrected chi connectivity index (χ4v) is 7.11. The number of alkyl halides is 1. The van der Waals surface area contributed by atoms with Crippen molar-refractivity contribution in [2.75, 3.05) is 31.5 Å². The first-order valence-electron chi connectivity index (χ1n) is 12.4. The Hall–Kier alpha value is -1.69. The maximum Gasteiger partial charge on any atom is 0.240 e. The summed E-state index contributed by atoms with van der Waals surface area (Å²) < 4.78 is 29.9. The van der Waals surface area contributed by atoms with E-state index in [0.717, 1.165) is 40.9 Å². The van der Waals surface area contributed by atoms with Crippen LogP contribution in [0.25, 0.3) is 0 Å². The van der Waals surface area contributed by atoms with Gasteiger partial charge >= 0.3 is 0 Å². The van der Waals surface area contributed by atoms with Crippen LogP contribution in [0.3, 0.4) is 0 Å². The molecule has 2 fully saturated rings. The molecule has 1 saturated carbocycles. The fraction of sp³-hybridized carbons (Fsp3) is 0.500. The summed E-state index contributed by atoms with van der Waals surface area (Å²) in [6.45, 7) is 4.99. The van der Waals surface area contributed by atoms with Crippen LogP contribution < -0.4 is 15.4 Å². The molecule has 0 unspecified atom stereocenters. The predicted molar refractivity (Wildman–Crippen MR) is 148 cm³/mol. The van der Waals surface area contributed by atoms with Crippen molar-refractivity contribution in [2.24, 2.45) is 5.92 Å². The summed E-state index contributed by atoms with van der Waals surface area (Å²) in [6, 6.07) is 15.4. The van der Waals surface area contributed by atoms with Gasteiger partial charge in [0.05, 0.1) is 10.9 Å². The normalized spacial score (nSPS) is 23.1. The van der Waals surface area contributed by atoms with Crippen molar-refractivity contribution < 1.29 is 13.2 Å². The van der Waals surface area contributed by atoms with E-state index in [-0.39, 0.29) is 28.8 Å². The van der Waals surface area contributed by atoms with Gasteiger partial charge in [-0.25, -0.2) is 13.1 Å². The number of sulfonamides is 1. The number of halogens is 1. The Balaban J connectivity index is 1.38. The summed E-state index contributed by atoms with van der Waals surface area (Å²) in [6.07, 6.45) is 2.75. The highest BCUT2D eigenvalue weighted by Crippen LogP contribution is 2.31. The Morgan fingerprint density at radius 1 is 1.11 bits per heavy atom. The zero-order valence-electron chi connectivity index (χ0n) is 20.2. The lowest BCUT2D eigenvalue weighted by atomic mass is 9.85. The molecule has 1 atom stereocenters. The zero-order valence-corrected chi connectivity index (χ0v) is 23.1. The molecule has 1 aliphatic heterocycles. The van der Waals surface area contributed by atoms with Gasteiger partial charge in [-0.2, -0.15) is 0 Å². The van der Waals surface area contributed by atoms with Gasteiger partial charge in [-0.05, 0) is 55.9 Å². The first-order chi connectivity index (χ1) is 16.9. The molecule has 1 saturated heterocycles. The van der Waals surface area contributed by atoms with Crippen LogP contribution >= 0.6 is 22.6 Å². The van der Waals surface area contributed by atoms with Gasteiger partial charge in [0, 0.05) is 48.3 Å². The zero-order chi connectivity index (χ0) is 24.8. The molecule has 190 valence electrons. The number of anilines is 1. The number of amides is 1. The van der Waals surface area contributed by atoms with Crippen molar-refractivity contribution in [1.29, 1.82) is 0 Å². The highest BCUT2D eigenvalue weighted by atomic mass is 127. The van der Waals surface area contributed by atoms with E-state index >= 15 is 0 Å². The molecule has 1 heterocycles. The summed E-state index contributed by atoms with van der Waals surface area (Å²) in [5.41, 5.74) is 3.11. The molecule has 0 spiro atoms.